The Morgan fingerprint density at radius 2 is 2.15 bits per heavy atom. The number of nitriles is 1. The summed E-state index contributed by atoms with van der Waals surface area (Å²) >= 11 is 0. The second-order valence-corrected chi connectivity index (χ2v) is 7.73. The average molecular weight is 466 g/mol. The molecule has 0 radical (unpaired) electrons. The van der Waals surface area contributed by atoms with Crippen LogP contribution in [0.5, 0.6) is 0 Å². The van der Waals surface area contributed by atoms with Crippen molar-refractivity contribution in [2.75, 3.05) is 18.2 Å². The predicted octanol–water partition coefficient (Wildman–Crippen LogP) is 3.32. The molecule has 11 nitrogen and oxygen atoms in total. The monoisotopic (exact) mass is 466 g/mol. The van der Waals surface area contributed by atoms with E-state index in [0.717, 1.165) is 0 Å². The highest BCUT2D eigenvalue weighted by molar-refractivity contribution is 7.69. The van der Waals surface area contributed by atoms with Gasteiger partial charge in [0.25, 0.3) is 0 Å². The van der Waals surface area contributed by atoms with Gasteiger partial charge in [-0.15, -0.1) is 0 Å². The fourth-order valence-corrected chi connectivity index (χ4v) is 3.58. The van der Waals surface area contributed by atoms with E-state index in [1.807, 2.05) is 6.07 Å². The van der Waals surface area contributed by atoms with Gasteiger partial charge in [0.2, 0.25) is 0 Å². The van der Waals surface area contributed by atoms with Gasteiger partial charge in [-0.05, 0) is 25.1 Å². The summed E-state index contributed by atoms with van der Waals surface area (Å²) in [6, 6.07) is 7.31. The second kappa shape index (κ2) is 9.15. The smallest absolute Gasteiger partial charge is 0.150 e. The number of nitrogens with one attached hydrogen (secondary N) is 1. The minimum atomic E-state index is -1.88. The molecular weight excluding hydrogens is 449 g/mol. The number of benzene rings is 1. The number of anilines is 2. The van der Waals surface area contributed by atoms with Crippen molar-refractivity contribution in [3.63, 3.8) is 0 Å². The number of fused-ring (bicyclic) bond motifs is 1. The van der Waals surface area contributed by atoms with Crippen molar-refractivity contribution in [2.24, 2.45) is 4.36 Å². The molecule has 0 fully saturated rings. The lowest BCUT2D eigenvalue weighted by Gasteiger charge is -2.18. The van der Waals surface area contributed by atoms with Gasteiger partial charge >= 0.3 is 0 Å². The third-order valence-corrected chi connectivity index (χ3v) is 5.31. The molecule has 0 aliphatic heterocycles. The number of imidazole rings is 1. The summed E-state index contributed by atoms with van der Waals surface area (Å²) in [5.41, 5.74) is 7.70. The SMILES string of the molecule is CO[S-](=O)=Nc1cncc(-n2c([C@H](C)Nc3ncnc(N)c3C#N)nc3ccc(F)cc32)c1. The van der Waals surface area contributed by atoms with E-state index >= 15 is 0 Å². The highest BCUT2D eigenvalue weighted by Gasteiger charge is 2.21. The highest BCUT2D eigenvalue weighted by atomic mass is 32.2. The van der Waals surface area contributed by atoms with Crippen LogP contribution in [0.4, 0.5) is 21.7 Å². The van der Waals surface area contributed by atoms with E-state index in [4.69, 9.17) is 5.73 Å². The van der Waals surface area contributed by atoms with Gasteiger partial charge in [0.05, 0.1) is 40.8 Å². The van der Waals surface area contributed by atoms with Gasteiger partial charge in [-0.25, -0.2) is 19.3 Å². The lowest BCUT2D eigenvalue weighted by Crippen LogP contribution is -2.15. The Bertz CT molecular complexity index is 1470. The molecule has 3 aromatic heterocycles. The summed E-state index contributed by atoms with van der Waals surface area (Å²) in [5.74, 6) is 0.311. The summed E-state index contributed by atoms with van der Waals surface area (Å²) in [4.78, 5) is 16.7. The number of nitrogen functional groups attached to an aromatic ring is 1. The number of aromatic nitrogens is 5. The minimum absolute atomic E-state index is 0.0439. The number of hydrogen-bond acceptors (Lipinski definition) is 11. The molecule has 1 aromatic carbocycles. The van der Waals surface area contributed by atoms with Crippen LogP contribution >= 0.6 is 0 Å². The zero-order valence-corrected chi connectivity index (χ0v) is 18.2. The molecule has 13 heteroatoms. The van der Waals surface area contributed by atoms with Crippen LogP contribution in [0.1, 0.15) is 24.4 Å². The largest absolute Gasteiger partial charge is 0.441 e. The molecule has 3 heterocycles. The van der Waals surface area contributed by atoms with Crippen molar-refractivity contribution < 1.29 is 12.8 Å². The molecule has 0 saturated carbocycles. The summed E-state index contributed by atoms with van der Waals surface area (Å²) in [6.07, 6.45) is 4.21. The maximum Gasteiger partial charge on any atom is 0.150 e. The molecule has 0 spiro atoms. The van der Waals surface area contributed by atoms with Crippen LogP contribution in [0.15, 0.2) is 47.3 Å². The normalized spacial score (nSPS) is 13.0. The van der Waals surface area contributed by atoms with Crippen LogP contribution in [0.3, 0.4) is 0 Å². The summed E-state index contributed by atoms with van der Waals surface area (Å²) in [6.45, 7) is 1.80. The number of pyridine rings is 1. The van der Waals surface area contributed by atoms with E-state index in [9.17, 15) is 13.9 Å². The zero-order chi connectivity index (χ0) is 23.5. The molecule has 4 rings (SSSR count). The molecule has 0 aliphatic rings. The van der Waals surface area contributed by atoms with Gasteiger partial charge in [0, 0.05) is 13.2 Å². The fourth-order valence-electron chi connectivity index (χ4n) is 3.23. The van der Waals surface area contributed by atoms with E-state index in [1.165, 1.54) is 31.8 Å². The summed E-state index contributed by atoms with van der Waals surface area (Å²) < 4.78 is 36.1. The third kappa shape index (κ3) is 4.43. The molecule has 33 heavy (non-hydrogen) atoms. The van der Waals surface area contributed by atoms with Crippen molar-refractivity contribution in [1.29, 1.82) is 5.26 Å². The van der Waals surface area contributed by atoms with Gasteiger partial charge in [0.15, 0.2) is 0 Å². The first-order valence-electron chi connectivity index (χ1n) is 9.49. The van der Waals surface area contributed by atoms with Crippen LogP contribution < -0.4 is 11.1 Å². The number of nitrogens with zero attached hydrogens (tertiary/aromatic N) is 7. The topological polar surface area (TPSA) is 157 Å². The van der Waals surface area contributed by atoms with Crippen molar-refractivity contribution in [2.45, 2.75) is 13.0 Å². The highest BCUT2D eigenvalue weighted by Crippen LogP contribution is 2.29. The number of hydrogen-bond donors (Lipinski definition) is 2. The average Bonchev–Trinajstić information content (AvgIpc) is 3.18. The molecule has 0 aliphatic carbocycles. The van der Waals surface area contributed by atoms with Crippen LogP contribution in [0.2, 0.25) is 0 Å². The quantitative estimate of drug-likeness (QED) is 0.407. The zero-order valence-electron chi connectivity index (χ0n) is 17.4. The standard InChI is InChI=1S/C20H17FN9O2S/c1-11(27-19-15(7-22)18(23)25-10-26-19)20-28-16-4-3-12(21)5-17(16)30(20)14-6-13(8-24-9-14)29-33(31)32-2/h3-6,8-11H,1-2H3,(H3,23,25,26,27)/q-1/t11-/m0/s1. The Balaban J connectivity index is 1.86. The molecule has 0 bridgehead atoms. The first-order valence-corrected chi connectivity index (χ1v) is 10.5. The first-order chi connectivity index (χ1) is 15.9. The lowest BCUT2D eigenvalue weighted by atomic mass is 10.2. The van der Waals surface area contributed by atoms with E-state index in [0.29, 0.717) is 28.2 Å². The predicted molar refractivity (Wildman–Crippen MR) is 119 cm³/mol. The third-order valence-electron chi connectivity index (χ3n) is 4.66. The van der Waals surface area contributed by atoms with Gasteiger partial charge in [-0.1, -0.05) is 10.9 Å². The molecule has 0 unspecified atom stereocenters. The Kier molecular flexibility index (Phi) is 6.11. The summed E-state index contributed by atoms with van der Waals surface area (Å²) in [5, 5.41) is 12.5. The van der Waals surface area contributed by atoms with E-state index in [2.05, 4.69) is 33.8 Å². The van der Waals surface area contributed by atoms with Gasteiger partial charge in [0.1, 0.15) is 41.2 Å². The lowest BCUT2D eigenvalue weighted by molar-refractivity contribution is 0.438. The van der Waals surface area contributed by atoms with Gasteiger partial charge < -0.3 is 23.8 Å². The summed E-state index contributed by atoms with van der Waals surface area (Å²) in [7, 11) is -0.612. The maximum absolute atomic E-state index is 14.1. The Labute approximate surface area is 189 Å². The second-order valence-electron chi connectivity index (χ2n) is 6.78. The molecule has 4 aromatic rings. The Hall–Kier alpha value is -4.15. The molecular formula is C20H17FN9O2S-. The molecule has 3 N–H and O–H groups in total. The molecule has 168 valence electrons. The number of rotatable bonds is 6. The first kappa shape index (κ1) is 22.1. The fraction of sp³-hybridized carbons (Fsp3) is 0.150. The van der Waals surface area contributed by atoms with Crippen molar-refractivity contribution in [1.82, 2.24) is 24.5 Å². The van der Waals surface area contributed by atoms with E-state index in [-0.39, 0.29) is 17.2 Å². The number of halogens is 1. The Morgan fingerprint density at radius 3 is 2.91 bits per heavy atom. The van der Waals surface area contributed by atoms with Crippen LogP contribution in [0.25, 0.3) is 16.7 Å². The molecule has 0 saturated heterocycles. The van der Waals surface area contributed by atoms with Crippen LogP contribution in [0, 0.1) is 17.1 Å². The Morgan fingerprint density at radius 1 is 1.33 bits per heavy atom. The van der Waals surface area contributed by atoms with E-state index in [1.54, 1.807) is 29.8 Å². The van der Waals surface area contributed by atoms with Crippen molar-refractivity contribution in [3.05, 3.63) is 60.2 Å². The minimum Gasteiger partial charge on any atom is -0.441 e. The van der Waals surface area contributed by atoms with Crippen molar-refractivity contribution >= 4 is 39.2 Å². The number of nitrogens with two attached hydrogens (primary N) is 1. The van der Waals surface area contributed by atoms with E-state index < -0.39 is 22.7 Å². The van der Waals surface area contributed by atoms with Gasteiger partial charge in [-0.2, -0.15) is 5.26 Å². The van der Waals surface area contributed by atoms with Crippen molar-refractivity contribution in [3.8, 4) is 11.8 Å². The molecule has 1 atom stereocenters. The van der Waals surface area contributed by atoms with Crippen LogP contribution in [-0.2, 0) is 19.3 Å². The maximum atomic E-state index is 14.1. The van der Waals surface area contributed by atoms with Crippen LogP contribution in [-0.4, -0.2) is 31.6 Å². The molecule has 0 amide bonds. The van der Waals surface area contributed by atoms with Gasteiger partial charge in [-0.3, -0.25) is 9.55 Å².